The second-order valence-corrected chi connectivity index (χ2v) is 4.26. The Morgan fingerprint density at radius 3 is 2.80 bits per heavy atom. The number of likely N-dealkylation sites (N-methyl/N-ethyl adjacent to an activating group) is 1. The fourth-order valence-electron chi connectivity index (χ4n) is 1.94. The molecule has 1 amide bonds. The van der Waals surface area contributed by atoms with Crippen LogP contribution in [0.25, 0.3) is 0 Å². The van der Waals surface area contributed by atoms with Crippen LogP contribution in [0.2, 0.25) is 5.02 Å². The number of carbonyl (C=O) groups excluding carboxylic acids is 1. The van der Waals surface area contributed by atoms with E-state index in [0.29, 0.717) is 11.6 Å². The van der Waals surface area contributed by atoms with Crippen LogP contribution in [-0.2, 0) is 4.79 Å². The lowest BCUT2D eigenvalue weighted by atomic mass is 9.96. The highest BCUT2D eigenvalue weighted by atomic mass is 35.5. The van der Waals surface area contributed by atoms with E-state index in [-0.39, 0.29) is 5.91 Å². The summed E-state index contributed by atoms with van der Waals surface area (Å²) in [5.74, 6) is -0.515. The lowest BCUT2D eigenvalue weighted by Crippen LogP contribution is -2.21. The zero-order valence-corrected chi connectivity index (χ0v) is 9.11. The van der Waals surface area contributed by atoms with Crippen molar-refractivity contribution in [3.8, 4) is 0 Å². The Labute approximate surface area is 93.3 Å². The molecule has 0 aromatic heterocycles. The summed E-state index contributed by atoms with van der Waals surface area (Å²) < 4.78 is 0. The predicted molar refractivity (Wildman–Crippen MR) is 57.8 cm³/mol. The molecule has 80 valence electrons. The molecule has 4 heteroatoms. The van der Waals surface area contributed by atoms with Crippen molar-refractivity contribution in [1.82, 2.24) is 4.90 Å². The normalized spacial score (nSPS) is 26.1. The molecule has 15 heavy (non-hydrogen) atoms. The molecule has 1 aliphatic heterocycles. The quantitative estimate of drug-likeness (QED) is 0.782. The van der Waals surface area contributed by atoms with Crippen LogP contribution in [0.1, 0.15) is 11.5 Å². The van der Waals surface area contributed by atoms with Crippen LogP contribution < -0.4 is 0 Å². The maximum absolute atomic E-state index is 11.8. The van der Waals surface area contributed by atoms with Crippen molar-refractivity contribution in [2.24, 2.45) is 0 Å². The minimum atomic E-state index is -0.638. The second-order valence-electron chi connectivity index (χ2n) is 3.82. The second kappa shape index (κ2) is 3.83. The van der Waals surface area contributed by atoms with Crippen LogP contribution in [-0.4, -0.2) is 35.6 Å². The number of amides is 1. The van der Waals surface area contributed by atoms with Gasteiger partial charge in [-0.15, -0.1) is 0 Å². The summed E-state index contributed by atoms with van der Waals surface area (Å²) in [7, 11) is 1.69. The third kappa shape index (κ3) is 1.85. The van der Waals surface area contributed by atoms with Gasteiger partial charge < -0.3 is 10.0 Å². The molecule has 2 atom stereocenters. The zero-order valence-electron chi connectivity index (χ0n) is 8.35. The predicted octanol–water partition coefficient (Wildman–Crippen LogP) is 1.26. The number of likely N-dealkylation sites (tertiary alicyclic amines) is 1. The lowest BCUT2D eigenvalue weighted by molar-refractivity contribution is -0.128. The highest BCUT2D eigenvalue weighted by Gasteiger charge is 2.38. The molecule has 0 bridgehead atoms. The largest absolute Gasteiger partial charge is 0.390 e. The van der Waals surface area contributed by atoms with Gasteiger partial charge in [-0.1, -0.05) is 23.7 Å². The topological polar surface area (TPSA) is 40.5 Å². The van der Waals surface area contributed by atoms with Crippen LogP contribution >= 0.6 is 11.6 Å². The standard InChI is InChI=1S/C11H12ClNO2/c1-13-6-9(14)10(11(13)15)7-3-2-4-8(12)5-7/h2-5,9-10,14H,6H2,1H3. The van der Waals surface area contributed by atoms with E-state index >= 15 is 0 Å². The molecular weight excluding hydrogens is 214 g/mol. The molecule has 1 aliphatic rings. The molecule has 1 aromatic carbocycles. The maximum Gasteiger partial charge on any atom is 0.232 e. The van der Waals surface area contributed by atoms with Crippen LogP contribution in [0, 0.1) is 0 Å². The summed E-state index contributed by atoms with van der Waals surface area (Å²) >= 11 is 5.85. The van der Waals surface area contributed by atoms with E-state index in [1.165, 1.54) is 4.90 Å². The molecule has 0 saturated carbocycles. The first-order chi connectivity index (χ1) is 7.09. The summed E-state index contributed by atoms with van der Waals surface area (Å²) in [4.78, 5) is 13.3. The SMILES string of the molecule is CN1CC(O)C(c2cccc(Cl)c2)C1=O. The smallest absolute Gasteiger partial charge is 0.232 e. The van der Waals surface area contributed by atoms with Crippen LogP contribution in [0.3, 0.4) is 0 Å². The van der Waals surface area contributed by atoms with Crippen molar-refractivity contribution in [2.45, 2.75) is 12.0 Å². The average molecular weight is 226 g/mol. The minimum absolute atomic E-state index is 0.0511. The Kier molecular flexibility index (Phi) is 2.67. The molecule has 0 radical (unpaired) electrons. The first-order valence-corrected chi connectivity index (χ1v) is 5.16. The molecule has 1 heterocycles. The summed E-state index contributed by atoms with van der Waals surface area (Å²) in [5, 5.41) is 10.4. The molecular formula is C11H12ClNO2. The van der Waals surface area contributed by atoms with Crippen molar-refractivity contribution < 1.29 is 9.90 Å². The van der Waals surface area contributed by atoms with E-state index < -0.39 is 12.0 Å². The van der Waals surface area contributed by atoms with E-state index in [0.717, 1.165) is 5.56 Å². The highest BCUT2D eigenvalue weighted by Crippen LogP contribution is 2.29. The average Bonchev–Trinajstić information content (AvgIpc) is 2.41. The summed E-state index contributed by atoms with van der Waals surface area (Å²) in [6.45, 7) is 0.385. The Hall–Kier alpha value is -1.06. The number of hydrogen-bond acceptors (Lipinski definition) is 2. The molecule has 1 saturated heterocycles. The molecule has 1 N–H and O–H groups in total. The van der Waals surface area contributed by atoms with Gasteiger partial charge in [0.25, 0.3) is 0 Å². The first-order valence-electron chi connectivity index (χ1n) is 4.78. The number of carbonyl (C=O) groups is 1. The van der Waals surface area contributed by atoms with Gasteiger partial charge in [-0.05, 0) is 17.7 Å². The first kappa shape index (κ1) is 10.5. The molecule has 1 aromatic rings. The van der Waals surface area contributed by atoms with Crippen molar-refractivity contribution in [2.75, 3.05) is 13.6 Å². The van der Waals surface area contributed by atoms with E-state index in [2.05, 4.69) is 0 Å². The Balaban J connectivity index is 2.35. The zero-order chi connectivity index (χ0) is 11.0. The number of nitrogens with zero attached hydrogens (tertiary/aromatic N) is 1. The fourth-order valence-corrected chi connectivity index (χ4v) is 2.14. The van der Waals surface area contributed by atoms with Gasteiger partial charge in [0.05, 0.1) is 12.0 Å². The van der Waals surface area contributed by atoms with E-state index in [1.807, 2.05) is 6.07 Å². The third-order valence-electron chi connectivity index (χ3n) is 2.70. The Morgan fingerprint density at radius 1 is 1.53 bits per heavy atom. The van der Waals surface area contributed by atoms with Gasteiger partial charge in [-0.3, -0.25) is 4.79 Å². The Morgan fingerprint density at radius 2 is 2.27 bits per heavy atom. The van der Waals surface area contributed by atoms with Crippen molar-refractivity contribution in [3.05, 3.63) is 34.9 Å². The van der Waals surface area contributed by atoms with Crippen LogP contribution in [0.5, 0.6) is 0 Å². The minimum Gasteiger partial charge on any atom is -0.390 e. The summed E-state index contributed by atoms with van der Waals surface area (Å²) in [5.41, 5.74) is 0.782. The van der Waals surface area contributed by atoms with E-state index in [9.17, 15) is 9.90 Å². The molecule has 3 nitrogen and oxygen atoms in total. The highest BCUT2D eigenvalue weighted by molar-refractivity contribution is 6.30. The summed E-state index contributed by atoms with van der Waals surface area (Å²) in [6, 6.07) is 7.08. The van der Waals surface area contributed by atoms with Gasteiger partial charge >= 0.3 is 0 Å². The number of β-amino-alcohol motifs (C(OH)–C–C–N with tert-alkyl or cyclic N) is 1. The number of halogens is 1. The van der Waals surface area contributed by atoms with Crippen molar-refractivity contribution in [3.63, 3.8) is 0 Å². The molecule has 2 rings (SSSR count). The molecule has 1 fully saturated rings. The molecule has 2 unspecified atom stereocenters. The van der Waals surface area contributed by atoms with Crippen LogP contribution in [0.15, 0.2) is 24.3 Å². The number of rotatable bonds is 1. The van der Waals surface area contributed by atoms with Gasteiger partial charge in [-0.2, -0.15) is 0 Å². The van der Waals surface area contributed by atoms with E-state index in [4.69, 9.17) is 11.6 Å². The van der Waals surface area contributed by atoms with Gasteiger partial charge in [-0.25, -0.2) is 0 Å². The van der Waals surface area contributed by atoms with Gasteiger partial charge in [0.15, 0.2) is 0 Å². The maximum atomic E-state index is 11.8. The van der Waals surface area contributed by atoms with Gasteiger partial charge in [0.2, 0.25) is 5.91 Å². The van der Waals surface area contributed by atoms with Gasteiger partial charge in [0, 0.05) is 18.6 Å². The number of aliphatic hydroxyl groups excluding tert-OH is 1. The number of aliphatic hydroxyl groups is 1. The molecule has 0 aliphatic carbocycles. The lowest BCUT2D eigenvalue weighted by Gasteiger charge is -2.12. The van der Waals surface area contributed by atoms with E-state index in [1.54, 1.807) is 25.2 Å². The number of benzene rings is 1. The Bertz CT molecular complexity index is 394. The fraction of sp³-hybridized carbons (Fsp3) is 0.364. The number of hydrogen-bond donors (Lipinski definition) is 1. The molecule has 0 spiro atoms. The van der Waals surface area contributed by atoms with Crippen LogP contribution in [0.4, 0.5) is 0 Å². The summed E-state index contributed by atoms with van der Waals surface area (Å²) in [6.07, 6.45) is -0.638. The monoisotopic (exact) mass is 225 g/mol. The third-order valence-corrected chi connectivity index (χ3v) is 2.93. The van der Waals surface area contributed by atoms with Crippen molar-refractivity contribution >= 4 is 17.5 Å². The van der Waals surface area contributed by atoms with Gasteiger partial charge in [0.1, 0.15) is 0 Å². The van der Waals surface area contributed by atoms with Crippen molar-refractivity contribution in [1.29, 1.82) is 0 Å².